The summed E-state index contributed by atoms with van der Waals surface area (Å²) >= 11 is 7.05. The highest BCUT2D eigenvalue weighted by Gasteiger charge is 2.12. The zero-order valence-electron chi connectivity index (χ0n) is 12.2. The molecule has 0 spiro atoms. The molecule has 0 unspecified atom stereocenters. The van der Waals surface area contributed by atoms with Crippen LogP contribution in [0.3, 0.4) is 0 Å². The van der Waals surface area contributed by atoms with Crippen LogP contribution in [0.15, 0.2) is 15.9 Å². The lowest BCUT2D eigenvalue weighted by Gasteiger charge is -2.14. The van der Waals surface area contributed by atoms with Crippen LogP contribution in [0.25, 0.3) is 0 Å². The van der Waals surface area contributed by atoms with Crippen LogP contribution >= 0.6 is 38.6 Å². The first-order chi connectivity index (χ1) is 9.45. The van der Waals surface area contributed by atoms with Crippen LogP contribution < -0.4 is 10.2 Å². The van der Waals surface area contributed by atoms with Gasteiger partial charge in [-0.3, -0.25) is 0 Å². The fraction of sp³-hybridized carbons (Fsp3) is 0.500. The van der Waals surface area contributed by atoms with Crippen LogP contribution in [0, 0.1) is 6.92 Å². The van der Waals surface area contributed by atoms with Gasteiger partial charge >= 0.3 is 0 Å². The molecule has 2 aromatic rings. The Morgan fingerprint density at radius 2 is 2.20 bits per heavy atom. The minimum atomic E-state index is 0.501. The zero-order valence-corrected chi connectivity index (χ0v) is 15.5. The Hall–Kier alpha value is -0.430. The van der Waals surface area contributed by atoms with Gasteiger partial charge in [-0.05, 0) is 28.9 Å². The van der Waals surface area contributed by atoms with Gasteiger partial charge in [0.05, 0.1) is 12.2 Å². The second-order valence-corrected chi connectivity index (χ2v) is 8.10. The third-order valence-electron chi connectivity index (χ3n) is 2.89. The second kappa shape index (κ2) is 7.02. The number of aromatic nitrogens is 1. The van der Waals surface area contributed by atoms with E-state index < -0.39 is 0 Å². The van der Waals surface area contributed by atoms with Gasteiger partial charge < -0.3 is 10.2 Å². The Bertz CT molecular complexity index is 563. The standard InChI is InChI=1S/C14H20BrN3S2/c1-9(2)16-6-13-10(3)17-14(20-13)18(4)7-12-5-11(15)8-19-12/h5,8-9,16H,6-7H2,1-4H3. The predicted molar refractivity (Wildman–Crippen MR) is 93.0 cm³/mol. The molecule has 0 aliphatic heterocycles. The summed E-state index contributed by atoms with van der Waals surface area (Å²) in [4.78, 5) is 9.57. The van der Waals surface area contributed by atoms with Crippen LogP contribution in [0.4, 0.5) is 5.13 Å². The molecule has 0 bridgehead atoms. The molecule has 110 valence electrons. The molecule has 0 radical (unpaired) electrons. The molecule has 1 N–H and O–H groups in total. The molecular formula is C14H20BrN3S2. The Morgan fingerprint density at radius 3 is 2.80 bits per heavy atom. The smallest absolute Gasteiger partial charge is 0.185 e. The number of thiazole rings is 1. The Balaban J connectivity index is 2.03. The number of nitrogens with one attached hydrogen (secondary N) is 1. The molecule has 0 saturated heterocycles. The second-order valence-electron chi connectivity index (χ2n) is 5.13. The minimum Gasteiger partial charge on any atom is -0.346 e. The minimum absolute atomic E-state index is 0.501. The summed E-state index contributed by atoms with van der Waals surface area (Å²) in [5, 5.41) is 6.67. The number of thiophene rings is 1. The average Bonchev–Trinajstić information content (AvgIpc) is 2.93. The van der Waals surface area contributed by atoms with Crippen LogP contribution in [-0.2, 0) is 13.1 Å². The lowest BCUT2D eigenvalue weighted by Crippen LogP contribution is -2.21. The largest absolute Gasteiger partial charge is 0.346 e. The SMILES string of the molecule is Cc1nc(N(C)Cc2cc(Br)cs2)sc1CNC(C)C. The van der Waals surface area contributed by atoms with Gasteiger partial charge in [0.1, 0.15) is 0 Å². The summed E-state index contributed by atoms with van der Waals surface area (Å²) in [6.07, 6.45) is 0. The van der Waals surface area contributed by atoms with E-state index in [1.807, 2.05) is 0 Å². The molecule has 0 aliphatic rings. The third kappa shape index (κ3) is 4.28. The first kappa shape index (κ1) is 15.9. The lowest BCUT2D eigenvalue weighted by atomic mass is 10.3. The zero-order chi connectivity index (χ0) is 14.7. The Morgan fingerprint density at radius 1 is 1.45 bits per heavy atom. The molecule has 0 aromatic carbocycles. The predicted octanol–water partition coefficient (Wildman–Crippen LogP) is 4.41. The Labute approximate surface area is 137 Å². The molecule has 0 saturated carbocycles. The Kier molecular flexibility index (Phi) is 5.60. The van der Waals surface area contributed by atoms with E-state index in [1.54, 1.807) is 22.7 Å². The fourth-order valence-electron chi connectivity index (χ4n) is 1.77. The van der Waals surface area contributed by atoms with E-state index in [4.69, 9.17) is 0 Å². The number of nitrogens with zero attached hydrogens (tertiary/aromatic N) is 2. The quantitative estimate of drug-likeness (QED) is 0.812. The maximum absolute atomic E-state index is 4.69. The van der Waals surface area contributed by atoms with Crippen molar-refractivity contribution >= 4 is 43.7 Å². The molecular weight excluding hydrogens is 354 g/mol. The molecule has 0 fully saturated rings. The topological polar surface area (TPSA) is 28.2 Å². The van der Waals surface area contributed by atoms with Crippen molar-refractivity contribution in [3.8, 4) is 0 Å². The summed E-state index contributed by atoms with van der Waals surface area (Å²) in [7, 11) is 2.10. The van der Waals surface area contributed by atoms with E-state index >= 15 is 0 Å². The molecule has 6 heteroatoms. The molecule has 3 nitrogen and oxygen atoms in total. The highest BCUT2D eigenvalue weighted by atomic mass is 79.9. The van der Waals surface area contributed by atoms with Crippen molar-refractivity contribution in [1.29, 1.82) is 0 Å². The van der Waals surface area contributed by atoms with Crippen molar-refractivity contribution in [2.75, 3.05) is 11.9 Å². The van der Waals surface area contributed by atoms with Gasteiger partial charge in [0.25, 0.3) is 0 Å². The molecule has 0 amide bonds. The average molecular weight is 374 g/mol. The van der Waals surface area contributed by atoms with E-state index in [1.165, 1.54) is 9.75 Å². The maximum Gasteiger partial charge on any atom is 0.185 e. The van der Waals surface area contributed by atoms with Crippen LogP contribution in [0.1, 0.15) is 29.3 Å². The highest BCUT2D eigenvalue weighted by molar-refractivity contribution is 9.10. The van der Waals surface area contributed by atoms with Crippen molar-refractivity contribution in [2.45, 2.75) is 39.9 Å². The van der Waals surface area contributed by atoms with Crippen molar-refractivity contribution in [3.05, 3.63) is 31.4 Å². The van der Waals surface area contributed by atoms with Gasteiger partial charge in [0.2, 0.25) is 0 Å². The van der Waals surface area contributed by atoms with Gasteiger partial charge in [0, 0.05) is 39.2 Å². The molecule has 2 heterocycles. The highest BCUT2D eigenvalue weighted by Crippen LogP contribution is 2.28. The number of halogens is 1. The van der Waals surface area contributed by atoms with E-state index in [2.05, 4.69) is 70.4 Å². The summed E-state index contributed by atoms with van der Waals surface area (Å²) in [5.41, 5.74) is 1.14. The van der Waals surface area contributed by atoms with Gasteiger partial charge in [-0.25, -0.2) is 4.98 Å². The number of rotatable bonds is 6. The molecule has 2 rings (SSSR count). The molecule has 2 aromatic heterocycles. The number of anilines is 1. The van der Waals surface area contributed by atoms with Crippen molar-refractivity contribution in [3.63, 3.8) is 0 Å². The normalized spacial score (nSPS) is 11.3. The van der Waals surface area contributed by atoms with Crippen LogP contribution in [0.2, 0.25) is 0 Å². The van der Waals surface area contributed by atoms with Crippen LogP contribution in [-0.4, -0.2) is 18.1 Å². The number of hydrogen-bond acceptors (Lipinski definition) is 5. The summed E-state index contributed by atoms with van der Waals surface area (Å²) in [6.45, 7) is 8.23. The van der Waals surface area contributed by atoms with Crippen molar-refractivity contribution in [1.82, 2.24) is 10.3 Å². The maximum atomic E-state index is 4.69. The van der Waals surface area contributed by atoms with E-state index in [9.17, 15) is 0 Å². The number of aryl methyl sites for hydroxylation is 1. The van der Waals surface area contributed by atoms with Gasteiger partial charge in [-0.15, -0.1) is 22.7 Å². The monoisotopic (exact) mass is 373 g/mol. The first-order valence-corrected chi connectivity index (χ1v) is 9.08. The summed E-state index contributed by atoms with van der Waals surface area (Å²) in [5.74, 6) is 0. The molecule has 20 heavy (non-hydrogen) atoms. The first-order valence-electron chi connectivity index (χ1n) is 6.59. The van der Waals surface area contributed by atoms with E-state index in [0.717, 1.165) is 28.4 Å². The third-order valence-corrected chi connectivity index (χ3v) is 5.85. The summed E-state index contributed by atoms with van der Waals surface area (Å²) in [6, 6.07) is 2.67. The van der Waals surface area contributed by atoms with Gasteiger partial charge in [0.15, 0.2) is 5.13 Å². The summed E-state index contributed by atoms with van der Waals surface area (Å²) < 4.78 is 1.16. The van der Waals surface area contributed by atoms with Crippen molar-refractivity contribution in [2.24, 2.45) is 0 Å². The van der Waals surface area contributed by atoms with Gasteiger partial charge in [-0.2, -0.15) is 0 Å². The van der Waals surface area contributed by atoms with Gasteiger partial charge in [-0.1, -0.05) is 13.8 Å². The molecule has 0 aliphatic carbocycles. The molecule has 0 atom stereocenters. The van der Waals surface area contributed by atoms with E-state index in [-0.39, 0.29) is 0 Å². The van der Waals surface area contributed by atoms with Crippen LogP contribution in [0.5, 0.6) is 0 Å². The van der Waals surface area contributed by atoms with E-state index in [0.29, 0.717) is 6.04 Å². The fourth-order valence-corrected chi connectivity index (χ4v) is 4.25. The number of hydrogen-bond donors (Lipinski definition) is 1. The van der Waals surface area contributed by atoms with Crippen molar-refractivity contribution < 1.29 is 0 Å². The lowest BCUT2D eigenvalue weighted by molar-refractivity contribution is 0.591.